The number of halogens is 2. The summed E-state index contributed by atoms with van der Waals surface area (Å²) >= 11 is 11.8. The molecule has 1 aromatic carbocycles. The third kappa shape index (κ3) is 1.90. The van der Waals surface area contributed by atoms with Crippen molar-refractivity contribution in [3.8, 4) is 0 Å². The predicted molar refractivity (Wildman–Crippen MR) is 64.6 cm³/mol. The van der Waals surface area contributed by atoms with Crippen LogP contribution < -0.4 is 5.73 Å². The molecule has 3 nitrogen and oxygen atoms in total. The lowest BCUT2D eigenvalue weighted by atomic mass is 10.0. The van der Waals surface area contributed by atoms with Crippen LogP contribution in [0, 0.1) is 0 Å². The third-order valence-corrected chi connectivity index (χ3v) is 3.65. The summed E-state index contributed by atoms with van der Waals surface area (Å²) in [5.74, 6) is 0.0589. The molecule has 0 aliphatic carbocycles. The maximum atomic E-state index is 11.5. The van der Waals surface area contributed by atoms with Crippen LogP contribution in [0.2, 0.25) is 10.0 Å². The first-order valence-corrected chi connectivity index (χ1v) is 5.72. The minimum absolute atomic E-state index is 0.0589. The fraction of sp³-hybridized carbons (Fsp3) is 0.364. The zero-order valence-corrected chi connectivity index (χ0v) is 10.3. The van der Waals surface area contributed by atoms with E-state index >= 15 is 0 Å². The number of likely N-dealkylation sites (tertiary alicyclic amines) is 1. The van der Waals surface area contributed by atoms with Crippen molar-refractivity contribution in [1.29, 1.82) is 0 Å². The molecule has 16 heavy (non-hydrogen) atoms. The molecule has 86 valence electrons. The van der Waals surface area contributed by atoms with E-state index in [1.54, 1.807) is 24.1 Å². The highest BCUT2D eigenvalue weighted by Gasteiger charge is 2.36. The van der Waals surface area contributed by atoms with Gasteiger partial charge in [0.1, 0.15) is 0 Å². The number of rotatable bonds is 1. The Hall–Kier alpha value is -0.770. The zero-order valence-electron chi connectivity index (χ0n) is 8.78. The second-order valence-corrected chi connectivity index (χ2v) is 4.81. The van der Waals surface area contributed by atoms with Gasteiger partial charge in [0.15, 0.2) is 0 Å². The molecule has 1 aliphatic heterocycles. The Balaban J connectivity index is 2.37. The number of amides is 1. The molecule has 2 N–H and O–H groups in total. The summed E-state index contributed by atoms with van der Waals surface area (Å²) in [6, 6.07) is 5.05. The number of carbonyl (C=O) groups is 1. The standard InChI is InChI=1S/C11H12Cl2N2O/c1-15-10(16)5-9(14)11(15)6-2-3-7(12)8(13)4-6/h2-4,9,11H,5,14H2,1H3/t9-,11+/m1/s1. The van der Waals surface area contributed by atoms with Crippen molar-refractivity contribution in [3.05, 3.63) is 33.8 Å². The zero-order chi connectivity index (χ0) is 11.9. The van der Waals surface area contributed by atoms with Gasteiger partial charge in [-0.2, -0.15) is 0 Å². The van der Waals surface area contributed by atoms with Gasteiger partial charge < -0.3 is 10.6 Å². The average molecular weight is 259 g/mol. The summed E-state index contributed by atoms with van der Waals surface area (Å²) in [7, 11) is 1.75. The third-order valence-electron chi connectivity index (χ3n) is 2.91. The van der Waals surface area contributed by atoms with Crippen molar-refractivity contribution < 1.29 is 4.79 Å². The smallest absolute Gasteiger partial charge is 0.224 e. The highest BCUT2D eigenvalue weighted by Crippen LogP contribution is 2.33. The minimum atomic E-state index is -0.185. The van der Waals surface area contributed by atoms with Crippen molar-refractivity contribution in [2.24, 2.45) is 5.73 Å². The van der Waals surface area contributed by atoms with E-state index in [4.69, 9.17) is 28.9 Å². The van der Waals surface area contributed by atoms with E-state index in [9.17, 15) is 4.79 Å². The van der Waals surface area contributed by atoms with Gasteiger partial charge in [-0.05, 0) is 17.7 Å². The number of hydrogen-bond donors (Lipinski definition) is 1. The van der Waals surface area contributed by atoms with Crippen LogP contribution in [-0.2, 0) is 4.79 Å². The Morgan fingerprint density at radius 3 is 2.56 bits per heavy atom. The molecule has 1 aliphatic rings. The molecular weight excluding hydrogens is 247 g/mol. The molecule has 0 unspecified atom stereocenters. The summed E-state index contributed by atoms with van der Waals surface area (Å²) in [5, 5.41) is 0.991. The van der Waals surface area contributed by atoms with Gasteiger partial charge in [-0.15, -0.1) is 0 Å². The van der Waals surface area contributed by atoms with Gasteiger partial charge in [-0.25, -0.2) is 0 Å². The van der Waals surface area contributed by atoms with Crippen LogP contribution in [0.5, 0.6) is 0 Å². The normalized spacial score (nSPS) is 25.2. The maximum Gasteiger partial charge on any atom is 0.224 e. The Morgan fingerprint density at radius 1 is 1.38 bits per heavy atom. The van der Waals surface area contributed by atoms with E-state index in [0.29, 0.717) is 16.5 Å². The van der Waals surface area contributed by atoms with Gasteiger partial charge in [0.05, 0.1) is 16.1 Å². The second kappa shape index (κ2) is 4.24. The molecule has 1 fully saturated rings. The molecule has 1 heterocycles. The first-order valence-electron chi connectivity index (χ1n) is 4.97. The van der Waals surface area contributed by atoms with Crippen molar-refractivity contribution in [2.75, 3.05) is 7.05 Å². The van der Waals surface area contributed by atoms with E-state index in [1.807, 2.05) is 6.07 Å². The molecule has 1 aromatic rings. The fourth-order valence-corrected chi connectivity index (χ4v) is 2.37. The lowest BCUT2D eigenvalue weighted by Gasteiger charge is -2.23. The Bertz CT molecular complexity index is 436. The van der Waals surface area contributed by atoms with E-state index in [1.165, 1.54) is 0 Å². The van der Waals surface area contributed by atoms with Crippen LogP contribution >= 0.6 is 23.2 Å². The highest BCUT2D eigenvalue weighted by molar-refractivity contribution is 6.42. The van der Waals surface area contributed by atoms with Crippen LogP contribution in [0.1, 0.15) is 18.0 Å². The fourth-order valence-electron chi connectivity index (χ4n) is 2.07. The Labute approximate surface area is 104 Å². The molecule has 5 heteroatoms. The van der Waals surface area contributed by atoms with Crippen LogP contribution in [0.4, 0.5) is 0 Å². The van der Waals surface area contributed by atoms with E-state index in [-0.39, 0.29) is 18.0 Å². The number of nitrogens with two attached hydrogens (primary N) is 1. The van der Waals surface area contributed by atoms with Gasteiger partial charge in [0, 0.05) is 19.5 Å². The maximum absolute atomic E-state index is 11.5. The van der Waals surface area contributed by atoms with Gasteiger partial charge in [0.2, 0.25) is 5.91 Å². The van der Waals surface area contributed by atoms with Gasteiger partial charge in [-0.1, -0.05) is 29.3 Å². The van der Waals surface area contributed by atoms with Crippen molar-refractivity contribution in [1.82, 2.24) is 4.90 Å². The lowest BCUT2D eigenvalue weighted by Crippen LogP contribution is -2.30. The molecule has 1 saturated heterocycles. The number of carbonyl (C=O) groups excluding carboxylic acids is 1. The summed E-state index contributed by atoms with van der Waals surface area (Å²) in [5.41, 5.74) is 6.87. The molecule has 2 rings (SSSR count). The molecule has 0 aromatic heterocycles. The SMILES string of the molecule is CN1C(=O)C[C@@H](N)[C@@H]1c1ccc(Cl)c(Cl)c1. The molecule has 0 bridgehead atoms. The number of likely N-dealkylation sites (N-methyl/N-ethyl adjacent to an activating group) is 1. The molecule has 0 spiro atoms. The largest absolute Gasteiger partial charge is 0.337 e. The lowest BCUT2D eigenvalue weighted by molar-refractivity contribution is -0.127. The molecular formula is C11H12Cl2N2O. The average Bonchev–Trinajstić information content (AvgIpc) is 2.47. The van der Waals surface area contributed by atoms with Gasteiger partial charge in [0.25, 0.3) is 0 Å². The van der Waals surface area contributed by atoms with E-state index < -0.39 is 0 Å². The second-order valence-electron chi connectivity index (χ2n) is 3.99. The summed E-state index contributed by atoms with van der Waals surface area (Å²) in [6.45, 7) is 0. The topological polar surface area (TPSA) is 46.3 Å². The molecule has 2 atom stereocenters. The van der Waals surface area contributed by atoms with Crippen LogP contribution in [-0.4, -0.2) is 23.9 Å². The summed E-state index contributed by atoms with van der Waals surface area (Å²) < 4.78 is 0. The van der Waals surface area contributed by atoms with Gasteiger partial charge in [-0.3, -0.25) is 4.79 Å². The molecule has 0 radical (unpaired) electrons. The quantitative estimate of drug-likeness (QED) is 0.840. The first-order chi connectivity index (χ1) is 7.50. The number of nitrogens with zero attached hydrogens (tertiary/aromatic N) is 1. The van der Waals surface area contributed by atoms with E-state index in [0.717, 1.165) is 5.56 Å². The molecule has 0 saturated carbocycles. The number of hydrogen-bond acceptors (Lipinski definition) is 2. The Morgan fingerprint density at radius 2 is 2.06 bits per heavy atom. The summed E-state index contributed by atoms with van der Waals surface area (Å²) in [4.78, 5) is 13.2. The van der Waals surface area contributed by atoms with Crippen molar-refractivity contribution in [2.45, 2.75) is 18.5 Å². The van der Waals surface area contributed by atoms with Crippen LogP contribution in [0.15, 0.2) is 18.2 Å². The van der Waals surface area contributed by atoms with Crippen molar-refractivity contribution in [3.63, 3.8) is 0 Å². The van der Waals surface area contributed by atoms with Gasteiger partial charge >= 0.3 is 0 Å². The van der Waals surface area contributed by atoms with Crippen LogP contribution in [0.3, 0.4) is 0 Å². The van der Waals surface area contributed by atoms with E-state index in [2.05, 4.69) is 0 Å². The number of benzene rings is 1. The monoisotopic (exact) mass is 258 g/mol. The Kier molecular flexibility index (Phi) is 3.10. The van der Waals surface area contributed by atoms with Crippen molar-refractivity contribution >= 4 is 29.1 Å². The first kappa shape index (κ1) is 11.7. The van der Waals surface area contributed by atoms with Crippen LogP contribution in [0.25, 0.3) is 0 Å². The minimum Gasteiger partial charge on any atom is -0.337 e. The highest BCUT2D eigenvalue weighted by atomic mass is 35.5. The molecule has 1 amide bonds. The summed E-state index contributed by atoms with van der Waals surface area (Å²) in [6.07, 6.45) is 0.376. The predicted octanol–water partition coefficient (Wildman–Crippen LogP) is 2.22.